The Morgan fingerprint density at radius 3 is 1.26 bits per heavy atom. The number of H-pyrrole nitrogens is 2. The zero-order valence-electron chi connectivity index (χ0n) is 50.8. The van der Waals surface area contributed by atoms with Gasteiger partial charge in [0, 0.05) is 60.6 Å². The molecule has 0 fully saturated rings. The maximum Gasteiger partial charge on any atom is 1.00 e. The first-order valence-electron chi connectivity index (χ1n) is 27.6. The fourth-order valence-electron chi connectivity index (χ4n) is 8.06. The number of anilines is 2. The first kappa shape index (κ1) is 72.6. The SMILES string of the molecule is CO.COC(=O)CCn1cc(-c2ccc(OC)cc2)nn1.COc1ccc(-c2cn(CCC(=O)NCCCNc3n[nH]c(=O)c4ccccc34)nn2)cc1.COc1ccc(-c2cn(CCC(=O)O)nn2)cc1.NCCCNc1n[nH]c(=O)c2ccccc12.[Na+].[OH-]. The van der Waals surface area contributed by atoms with Gasteiger partial charge in [-0.25, -0.2) is 10.2 Å². The quantitative estimate of drug-likeness (QED) is 0.0244. The number of amides is 1. The Balaban J connectivity index is 0.000000264. The molecule has 1 amide bonds. The summed E-state index contributed by atoms with van der Waals surface area (Å²) in [4.78, 5) is 57.0. The standard InChI is InChI=1S/C23H25N7O3.C13H15N3O3.C12H13N3O3.C11H14N4O.CH4O.Na.H2O/c1-33-17-9-7-16(8-10-17)20-15-30(29-26-20)14-11-21(31)24-12-4-13-25-22-18-5-2-3-6-19(18)23(32)28-27-22;1-18-11-5-3-10(4-6-11)12-9-16(15-14-12)8-7-13(17)19-2;1-18-10-4-2-9(3-5-10)11-8-15(14-13-11)7-6-12(16)17;12-6-3-7-13-10-8-4-1-2-5-9(8)11(16)15-14-10;1-2;;/h2-3,5-10,15H,4,11-14H2,1H3,(H,24,31)(H,25,27)(H,28,32);3-6,9H,7-8H2,1-2H3;2-5,8H,6-7H2,1H3,(H,16,17);1-2,4-5H,3,6-7,12H2,(H,13,14)(H,15,16);2H,1H3;;1H2/q;;;;;+1;/p-1. The summed E-state index contributed by atoms with van der Waals surface area (Å²) in [5.41, 5.74) is 10.0. The van der Waals surface area contributed by atoms with Gasteiger partial charge in [0.1, 0.15) is 34.3 Å². The van der Waals surface area contributed by atoms with Crippen molar-refractivity contribution in [3.63, 3.8) is 0 Å². The van der Waals surface area contributed by atoms with E-state index in [4.69, 9.17) is 30.2 Å². The molecule has 10 N–H and O–H groups in total. The number of hydrogen-bond donors (Lipinski definition) is 8. The number of methoxy groups -OCH3 is 4. The number of carboxylic acid groups (broad SMARTS) is 1. The minimum absolute atomic E-state index is 0. The van der Waals surface area contributed by atoms with E-state index >= 15 is 0 Å². The van der Waals surface area contributed by atoms with Crippen LogP contribution in [0.15, 0.2) is 150 Å². The predicted octanol–water partition coefficient (Wildman–Crippen LogP) is 2.26. The Morgan fingerprint density at radius 1 is 0.522 bits per heavy atom. The summed E-state index contributed by atoms with van der Waals surface area (Å²) in [6, 6.07) is 37.2. The summed E-state index contributed by atoms with van der Waals surface area (Å²) >= 11 is 0. The van der Waals surface area contributed by atoms with Gasteiger partial charge >= 0.3 is 41.5 Å². The van der Waals surface area contributed by atoms with Crippen LogP contribution in [0.2, 0.25) is 0 Å². The number of rotatable bonds is 24. The topological polar surface area (TPSA) is 404 Å². The molecule has 10 rings (SSSR count). The van der Waals surface area contributed by atoms with Crippen LogP contribution in [-0.4, -0.2) is 161 Å². The van der Waals surface area contributed by atoms with Crippen LogP contribution >= 0.6 is 0 Å². The molecule has 0 unspecified atom stereocenters. The minimum Gasteiger partial charge on any atom is -0.870 e. The Hall–Kier alpha value is -9.91. The van der Waals surface area contributed by atoms with Crippen molar-refractivity contribution >= 4 is 51.0 Å². The molecule has 0 radical (unpaired) electrons. The van der Waals surface area contributed by atoms with Gasteiger partial charge in [0.2, 0.25) is 5.91 Å². The van der Waals surface area contributed by atoms with Crippen molar-refractivity contribution in [3.8, 4) is 51.0 Å². The van der Waals surface area contributed by atoms with Crippen molar-refractivity contribution in [1.29, 1.82) is 0 Å². The number of aryl methyl sites for hydroxylation is 3. The van der Waals surface area contributed by atoms with E-state index in [0.29, 0.717) is 80.2 Å². The van der Waals surface area contributed by atoms with E-state index in [0.717, 1.165) is 76.2 Å². The van der Waals surface area contributed by atoms with Crippen LogP contribution in [0.3, 0.4) is 0 Å². The van der Waals surface area contributed by atoms with Gasteiger partial charge in [-0.3, -0.25) is 38.0 Å². The average Bonchev–Trinajstić information content (AvgIpc) is 3.98. The number of carbonyl (C=O) groups excluding carboxylic acids is 2. The van der Waals surface area contributed by atoms with Crippen LogP contribution in [0.4, 0.5) is 11.6 Å². The maximum atomic E-state index is 12.2. The second kappa shape index (κ2) is 39.1. The van der Waals surface area contributed by atoms with Crippen LogP contribution in [0.5, 0.6) is 17.2 Å². The summed E-state index contributed by atoms with van der Waals surface area (Å²) in [6.07, 6.45) is 7.55. The van der Waals surface area contributed by atoms with Gasteiger partial charge in [0.05, 0.1) is 90.3 Å². The van der Waals surface area contributed by atoms with Crippen molar-refractivity contribution < 1.29 is 78.6 Å². The van der Waals surface area contributed by atoms with Gasteiger partial charge < -0.3 is 56.3 Å². The van der Waals surface area contributed by atoms with Crippen LogP contribution < -0.4 is 76.6 Å². The number of benzene rings is 5. The largest absolute Gasteiger partial charge is 1.00 e. The molecule has 30 heteroatoms. The Bertz CT molecular complexity index is 3880. The number of nitrogens with two attached hydrogens (primary N) is 1. The molecule has 0 saturated heterocycles. The monoisotopic (exact) mass is 1250 g/mol. The fraction of sp³-hybridized carbons (Fsp3) is 0.283. The minimum atomic E-state index is -0.850. The number of aliphatic hydroxyl groups excluding tert-OH is 1. The van der Waals surface area contributed by atoms with Crippen molar-refractivity contribution in [1.82, 2.24) is 70.7 Å². The number of aromatic nitrogens is 13. The molecule has 5 aromatic heterocycles. The Morgan fingerprint density at radius 2 is 0.889 bits per heavy atom. The molecule has 0 atom stereocenters. The first-order valence-corrected chi connectivity index (χ1v) is 27.6. The number of fused-ring (bicyclic) bond motifs is 2. The van der Waals surface area contributed by atoms with Gasteiger partial charge in [-0.05, 0) is 104 Å². The molecule has 0 aliphatic carbocycles. The molecule has 0 spiro atoms. The second-order valence-corrected chi connectivity index (χ2v) is 18.6. The molecule has 470 valence electrons. The molecule has 0 bridgehead atoms. The predicted molar refractivity (Wildman–Crippen MR) is 333 cm³/mol. The van der Waals surface area contributed by atoms with Crippen LogP contribution in [0, 0.1) is 0 Å². The molecule has 10 aromatic rings. The van der Waals surface area contributed by atoms with E-state index in [1.807, 2.05) is 115 Å². The Labute approximate surface area is 538 Å². The van der Waals surface area contributed by atoms with E-state index in [9.17, 15) is 24.0 Å². The first-order chi connectivity index (χ1) is 42.9. The number of carbonyl (C=O) groups is 3. The van der Waals surface area contributed by atoms with E-state index < -0.39 is 5.97 Å². The fourth-order valence-corrected chi connectivity index (χ4v) is 8.06. The molecule has 0 aliphatic rings. The van der Waals surface area contributed by atoms with Crippen LogP contribution in [0.1, 0.15) is 32.1 Å². The average molecular weight is 1250 g/mol. The van der Waals surface area contributed by atoms with E-state index in [-0.39, 0.29) is 70.9 Å². The molecular formula is C60H72N17NaO12. The third-order valence-electron chi connectivity index (χ3n) is 12.7. The van der Waals surface area contributed by atoms with E-state index in [1.54, 1.807) is 55.2 Å². The summed E-state index contributed by atoms with van der Waals surface area (Å²) < 4.78 is 24.7. The number of hydrogen-bond acceptors (Lipinski definition) is 22. The summed E-state index contributed by atoms with van der Waals surface area (Å²) in [6.45, 7) is 3.74. The molecular weight excluding hydrogens is 1170 g/mol. The van der Waals surface area contributed by atoms with Gasteiger partial charge in [-0.2, -0.15) is 10.2 Å². The number of nitrogens with zero attached hydrogens (tertiary/aromatic N) is 11. The number of esters is 1. The number of nitrogens with one attached hydrogen (secondary N) is 5. The molecule has 5 aromatic carbocycles. The van der Waals surface area contributed by atoms with Crippen molar-refractivity contribution in [2.45, 2.75) is 51.7 Å². The molecule has 90 heavy (non-hydrogen) atoms. The summed E-state index contributed by atoms with van der Waals surface area (Å²) in [5, 5.41) is 64.9. The normalized spacial score (nSPS) is 10.1. The summed E-state index contributed by atoms with van der Waals surface area (Å²) in [5.74, 6) is 2.50. The zero-order chi connectivity index (χ0) is 63.0. The third-order valence-corrected chi connectivity index (χ3v) is 12.7. The number of aliphatic hydroxyl groups is 1. The van der Waals surface area contributed by atoms with Gasteiger partial charge in [-0.1, -0.05) is 52.0 Å². The second-order valence-electron chi connectivity index (χ2n) is 18.6. The third kappa shape index (κ3) is 22.7. The van der Waals surface area contributed by atoms with Crippen LogP contribution in [-0.2, 0) is 38.8 Å². The number of aromatic amines is 2. The van der Waals surface area contributed by atoms with Crippen LogP contribution in [0.25, 0.3) is 55.3 Å². The van der Waals surface area contributed by atoms with Crippen molar-refractivity contribution in [2.75, 3.05) is 72.4 Å². The smallest absolute Gasteiger partial charge is 0.870 e. The number of aliphatic carboxylic acids is 1. The Kier molecular flexibility index (Phi) is 31.5. The van der Waals surface area contributed by atoms with Gasteiger partial charge in [-0.15, -0.1) is 15.3 Å². The van der Waals surface area contributed by atoms with Crippen molar-refractivity contribution in [3.05, 3.63) is 161 Å². The molecule has 0 aliphatic heterocycles. The van der Waals surface area contributed by atoms with E-state index in [2.05, 4.69) is 72.0 Å². The van der Waals surface area contributed by atoms with Crippen molar-refractivity contribution in [2.24, 2.45) is 5.73 Å². The van der Waals surface area contributed by atoms with Gasteiger partial charge in [0.25, 0.3) is 11.1 Å². The van der Waals surface area contributed by atoms with E-state index in [1.165, 1.54) is 11.8 Å². The zero-order valence-corrected chi connectivity index (χ0v) is 52.8. The molecule has 0 saturated carbocycles. The maximum absolute atomic E-state index is 12.2. The molecule has 29 nitrogen and oxygen atoms in total. The summed E-state index contributed by atoms with van der Waals surface area (Å²) in [7, 11) is 7.22. The molecule has 5 heterocycles. The number of carboxylic acids is 1. The van der Waals surface area contributed by atoms with Gasteiger partial charge in [0.15, 0.2) is 11.6 Å². The number of ether oxygens (including phenoxy) is 4.